The first-order chi connectivity index (χ1) is 9.54. The van der Waals surface area contributed by atoms with Crippen LogP contribution in [0.2, 0.25) is 10.0 Å². The quantitative estimate of drug-likeness (QED) is 0.897. The maximum absolute atomic E-state index is 12.0. The van der Waals surface area contributed by atoms with Gasteiger partial charge in [-0.2, -0.15) is 0 Å². The van der Waals surface area contributed by atoms with Crippen molar-refractivity contribution in [1.29, 1.82) is 0 Å². The Morgan fingerprint density at radius 3 is 2.25 bits per heavy atom. The summed E-state index contributed by atoms with van der Waals surface area (Å²) in [5.41, 5.74) is 2.90. The van der Waals surface area contributed by atoms with Gasteiger partial charge >= 0.3 is 0 Å². The molecule has 0 spiro atoms. The highest BCUT2D eigenvalue weighted by molar-refractivity contribution is 6.35. The van der Waals surface area contributed by atoms with Gasteiger partial charge in [0.05, 0.1) is 0 Å². The third-order valence-corrected chi connectivity index (χ3v) is 3.38. The zero-order valence-electron chi connectivity index (χ0n) is 11.1. The van der Waals surface area contributed by atoms with Crippen LogP contribution in [0, 0.1) is 6.92 Å². The maximum Gasteiger partial charge on any atom is 0.251 e. The Bertz CT molecular complexity index is 588. The van der Waals surface area contributed by atoms with Crippen molar-refractivity contribution in [2.24, 2.45) is 0 Å². The van der Waals surface area contributed by atoms with E-state index in [1.165, 1.54) is 11.1 Å². The molecular formula is C16H15Cl2NO. The first-order valence-electron chi connectivity index (χ1n) is 6.34. The molecule has 0 unspecified atom stereocenters. The molecule has 1 N–H and O–H groups in total. The molecule has 0 aliphatic heterocycles. The number of rotatable bonds is 4. The number of hydrogen-bond acceptors (Lipinski definition) is 1. The van der Waals surface area contributed by atoms with Crippen LogP contribution in [0.1, 0.15) is 21.5 Å². The van der Waals surface area contributed by atoms with Crippen LogP contribution >= 0.6 is 23.2 Å². The van der Waals surface area contributed by atoms with Crippen LogP contribution in [0.4, 0.5) is 0 Å². The average Bonchev–Trinajstić information content (AvgIpc) is 2.40. The van der Waals surface area contributed by atoms with Crippen LogP contribution < -0.4 is 5.32 Å². The third-order valence-electron chi connectivity index (χ3n) is 2.94. The van der Waals surface area contributed by atoms with E-state index < -0.39 is 0 Å². The number of carbonyl (C=O) groups excluding carboxylic acids is 1. The molecule has 0 bridgehead atoms. The van der Waals surface area contributed by atoms with Crippen molar-refractivity contribution in [3.8, 4) is 0 Å². The van der Waals surface area contributed by atoms with E-state index in [0.29, 0.717) is 22.2 Å². The van der Waals surface area contributed by atoms with E-state index in [-0.39, 0.29) is 5.91 Å². The molecule has 0 fully saturated rings. The molecule has 0 aromatic heterocycles. The second kappa shape index (κ2) is 6.78. The second-order valence-corrected chi connectivity index (χ2v) is 5.52. The molecule has 0 aliphatic carbocycles. The minimum Gasteiger partial charge on any atom is -0.352 e. The highest BCUT2D eigenvalue weighted by atomic mass is 35.5. The number of amides is 1. The van der Waals surface area contributed by atoms with Crippen molar-refractivity contribution >= 4 is 29.1 Å². The van der Waals surface area contributed by atoms with E-state index in [1.807, 2.05) is 0 Å². The van der Waals surface area contributed by atoms with Gasteiger partial charge in [0.15, 0.2) is 0 Å². The number of aryl methyl sites for hydroxylation is 1. The molecular weight excluding hydrogens is 293 g/mol. The van der Waals surface area contributed by atoms with Crippen LogP contribution in [0.5, 0.6) is 0 Å². The van der Waals surface area contributed by atoms with Gasteiger partial charge in [0.25, 0.3) is 5.91 Å². The molecule has 2 nitrogen and oxygen atoms in total. The summed E-state index contributed by atoms with van der Waals surface area (Å²) in [5.74, 6) is -0.165. The SMILES string of the molecule is Cc1ccc(CCNC(=O)c2cc(Cl)cc(Cl)c2)cc1. The summed E-state index contributed by atoms with van der Waals surface area (Å²) in [6, 6.07) is 13.1. The predicted octanol–water partition coefficient (Wildman–Crippen LogP) is 4.27. The Labute approximate surface area is 128 Å². The standard InChI is InChI=1S/C16H15Cl2NO/c1-11-2-4-12(5-3-11)6-7-19-16(20)13-8-14(17)10-15(18)9-13/h2-5,8-10H,6-7H2,1H3,(H,19,20). The number of benzene rings is 2. The third kappa shape index (κ3) is 4.26. The summed E-state index contributed by atoms with van der Waals surface area (Å²) < 4.78 is 0. The number of halogens is 2. The molecule has 2 aromatic carbocycles. The Morgan fingerprint density at radius 1 is 1.05 bits per heavy atom. The number of hydrogen-bond donors (Lipinski definition) is 1. The van der Waals surface area contributed by atoms with Gasteiger partial charge in [-0.25, -0.2) is 0 Å². The average molecular weight is 308 g/mol. The van der Waals surface area contributed by atoms with Gasteiger partial charge in [0.2, 0.25) is 0 Å². The molecule has 1 amide bonds. The number of nitrogens with one attached hydrogen (secondary N) is 1. The zero-order chi connectivity index (χ0) is 14.5. The van der Waals surface area contributed by atoms with E-state index in [0.717, 1.165) is 6.42 Å². The van der Waals surface area contributed by atoms with Gasteiger partial charge in [-0.15, -0.1) is 0 Å². The number of carbonyl (C=O) groups is 1. The molecule has 0 radical (unpaired) electrons. The molecule has 2 rings (SSSR count). The normalized spacial score (nSPS) is 10.3. The first kappa shape index (κ1) is 14.9. The van der Waals surface area contributed by atoms with Gasteiger partial charge in [0, 0.05) is 22.2 Å². The lowest BCUT2D eigenvalue weighted by molar-refractivity contribution is 0.0954. The van der Waals surface area contributed by atoms with E-state index in [1.54, 1.807) is 18.2 Å². The van der Waals surface area contributed by atoms with Gasteiger partial charge in [-0.3, -0.25) is 4.79 Å². The van der Waals surface area contributed by atoms with Crippen LogP contribution in [-0.4, -0.2) is 12.5 Å². The van der Waals surface area contributed by atoms with Gasteiger partial charge in [0.1, 0.15) is 0 Å². The predicted molar refractivity (Wildman–Crippen MR) is 83.7 cm³/mol. The monoisotopic (exact) mass is 307 g/mol. The van der Waals surface area contributed by atoms with Crippen molar-refractivity contribution in [1.82, 2.24) is 5.32 Å². The van der Waals surface area contributed by atoms with Crippen LogP contribution in [0.15, 0.2) is 42.5 Å². The summed E-state index contributed by atoms with van der Waals surface area (Å²) in [5, 5.41) is 3.78. The van der Waals surface area contributed by atoms with Crippen molar-refractivity contribution in [2.75, 3.05) is 6.54 Å². The van der Waals surface area contributed by atoms with Gasteiger partial charge in [-0.1, -0.05) is 53.0 Å². The molecule has 0 atom stereocenters. The lowest BCUT2D eigenvalue weighted by Crippen LogP contribution is -2.25. The molecule has 0 saturated heterocycles. The van der Waals surface area contributed by atoms with Crippen molar-refractivity contribution in [3.63, 3.8) is 0 Å². The fourth-order valence-electron chi connectivity index (χ4n) is 1.86. The summed E-state index contributed by atoms with van der Waals surface area (Å²) in [6.45, 7) is 2.63. The lowest BCUT2D eigenvalue weighted by Gasteiger charge is -2.06. The van der Waals surface area contributed by atoms with Gasteiger partial charge in [-0.05, 0) is 37.1 Å². The van der Waals surface area contributed by atoms with E-state index in [9.17, 15) is 4.79 Å². The second-order valence-electron chi connectivity index (χ2n) is 4.65. The van der Waals surface area contributed by atoms with E-state index in [2.05, 4.69) is 36.5 Å². The molecule has 104 valence electrons. The van der Waals surface area contributed by atoms with Crippen LogP contribution in [0.3, 0.4) is 0 Å². The van der Waals surface area contributed by atoms with E-state index in [4.69, 9.17) is 23.2 Å². The molecule has 2 aromatic rings. The summed E-state index contributed by atoms with van der Waals surface area (Å²) in [4.78, 5) is 12.0. The van der Waals surface area contributed by atoms with Crippen LogP contribution in [0.25, 0.3) is 0 Å². The van der Waals surface area contributed by atoms with Crippen molar-refractivity contribution in [3.05, 3.63) is 69.2 Å². The van der Waals surface area contributed by atoms with E-state index >= 15 is 0 Å². The van der Waals surface area contributed by atoms with Crippen molar-refractivity contribution < 1.29 is 4.79 Å². The zero-order valence-corrected chi connectivity index (χ0v) is 12.6. The fourth-order valence-corrected chi connectivity index (χ4v) is 2.39. The lowest BCUT2D eigenvalue weighted by atomic mass is 10.1. The molecule has 0 heterocycles. The summed E-state index contributed by atoms with van der Waals surface area (Å²) in [7, 11) is 0. The Morgan fingerprint density at radius 2 is 1.65 bits per heavy atom. The van der Waals surface area contributed by atoms with Crippen LogP contribution in [-0.2, 0) is 6.42 Å². The highest BCUT2D eigenvalue weighted by Gasteiger charge is 2.07. The smallest absolute Gasteiger partial charge is 0.251 e. The Hall–Kier alpha value is -1.51. The Balaban J connectivity index is 1.90. The summed E-state index contributed by atoms with van der Waals surface area (Å²) >= 11 is 11.7. The molecule has 0 aliphatic rings. The molecule has 0 saturated carbocycles. The van der Waals surface area contributed by atoms with Crippen molar-refractivity contribution in [2.45, 2.75) is 13.3 Å². The summed E-state index contributed by atoms with van der Waals surface area (Å²) in [6.07, 6.45) is 0.792. The maximum atomic E-state index is 12.0. The topological polar surface area (TPSA) is 29.1 Å². The molecule has 20 heavy (non-hydrogen) atoms. The highest BCUT2D eigenvalue weighted by Crippen LogP contribution is 2.18. The van der Waals surface area contributed by atoms with Gasteiger partial charge < -0.3 is 5.32 Å². The minimum absolute atomic E-state index is 0.165. The minimum atomic E-state index is -0.165. The molecule has 4 heteroatoms. The first-order valence-corrected chi connectivity index (χ1v) is 7.10. The fraction of sp³-hybridized carbons (Fsp3) is 0.188. The largest absolute Gasteiger partial charge is 0.352 e. The Kier molecular flexibility index (Phi) is 5.05.